The van der Waals surface area contributed by atoms with Gasteiger partial charge in [-0.25, -0.2) is 4.79 Å². The second kappa shape index (κ2) is 8.84. The lowest BCUT2D eigenvalue weighted by atomic mass is 10.1. The molecule has 24 heavy (non-hydrogen) atoms. The number of hydrogen-bond acceptors (Lipinski definition) is 3. The molecule has 5 nitrogen and oxygen atoms in total. The van der Waals surface area contributed by atoms with Crippen molar-refractivity contribution in [1.82, 2.24) is 10.2 Å². The van der Waals surface area contributed by atoms with Crippen LogP contribution in [-0.4, -0.2) is 48.1 Å². The summed E-state index contributed by atoms with van der Waals surface area (Å²) in [4.78, 5) is 25.5. The maximum absolute atomic E-state index is 12.1. The number of nitrogens with one attached hydrogen (secondary N) is 1. The first kappa shape index (κ1) is 17.7. The van der Waals surface area contributed by atoms with Gasteiger partial charge in [0.25, 0.3) is 5.91 Å². The maximum Gasteiger partial charge on any atom is 0.327 e. The van der Waals surface area contributed by atoms with Crippen LogP contribution in [0.4, 0.5) is 0 Å². The van der Waals surface area contributed by atoms with Crippen LogP contribution in [0.1, 0.15) is 15.9 Å². The van der Waals surface area contributed by atoms with Gasteiger partial charge in [0, 0.05) is 18.7 Å². The highest BCUT2D eigenvalue weighted by Gasteiger charge is 2.22. The summed E-state index contributed by atoms with van der Waals surface area (Å²) in [6.07, 6.45) is 0.830. The van der Waals surface area contributed by atoms with E-state index in [4.69, 9.17) is 0 Å². The molecule has 2 aromatic carbocycles. The lowest BCUT2D eigenvalue weighted by molar-refractivity contribution is -0.139. The predicted molar refractivity (Wildman–Crippen MR) is 93.0 cm³/mol. The molecule has 2 N–H and O–H groups in total. The van der Waals surface area contributed by atoms with Crippen molar-refractivity contribution in [3.05, 3.63) is 71.8 Å². The smallest absolute Gasteiger partial charge is 0.327 e. The normalized spacial score (nSPS) is 11.9. The molecule has 0 saturated heterocycles. The number of aliphatic carboxylic acids is 1. The zero-order valence-corrected chi connectivity index (χ0v) is 13.7. The average molecular weight is 326 g/mol. The number of hydrogen-bond donors (Lipinski definition) is 2. The summed E-state index contributed by atoms with van der Waals surface area (Å²) in [5.41, 5.74) is 1.65. The third kappa shape index (κ3) is 5.52. The molecule has 1 unspecified atom stereocenters. The number of carboxylic acids is 1. The number of benzene rings is 2. The van der Waals surface area contributed by atoms with E-state index in [1.54, 1.807) is 24.3 Å². The van der Waals surface area contributed by atoms with E-state index in [0.29, 0.717) is 5.56 Å². The summed E-state index contributed by atoms with van der Waals surface area (Å²) < 4.78 is 0. The first-order valence-corrected chi connectivity index (χ1v) is 7.87. The lowest BCUT2D eigenvalue weighted by Gasteiger charge is -2.22. The Bertz CT molecular complexity index is 659. The Hall–Kier alpha value is -2.66. The molecule has 0 saturated carbocycles. The fourth-order valence-corrected chi connectivity index (χ4v) is 2.38. The number of likely N-dealkylation sites (N-methyl/N-ethyl adjacent to an activating group) is 1. The topological polar surface area (TPSA) is 69.6 Å². The Morgan fingerprint density at radius 2 is 1.62 bits per heavy atom. The van der Waals surface area contributed by atoms with Gasteiger partial charge in [-0.1, -0.05) is 48.5 Å². The molecular formula is C19H22N2O3. The molecule has 0 heterocycles. The highest BCUT2D eigenvalue weighted by atomic mass is 16.4. The van der Waals surface area contributed by atoms with Crippen molar-refractivity contribution < 1.29 is 14.7 Å². The fraction of sp³-hybridized carbons (Fsp3) is 0.263. The van der Waals surface area contributed by atoms with Crippen LogP contribution in [0.25, 0.3) is 0 Å². The molecule has 0 radical (unpaired) electrons. The van der Waals surface area contributed by atoms with Crippen molar-refractivity contribution in [2.75, 3.05) is 20.1 Å². The van der Waals surface area contributed by atoms with Crippen LogP contribution < -0.4 is 5.32 Å². The van der Waals surface area contributed by atoms with E-state index in [2.05, 4.69) is 5.32 Å². The molecule has 126 valence electrons. The molecule has 0 bridgehead atoms. The molecule has 0 fully saturated rings. The number of carbonyl (C=O) groups excluding carboxylic acids is 1. The molecular weight excluding hydrogens is 304 g/mol. The van der Waals surface area contributed by atoms with Crippen LogP contribution in [0.2, 0.25) is 0 Å². The van der Waals surface area contributed by atoms with Gasteiger partial charge in [-0.2, -0.15) is 0 Å². The van der Waals surface area contributed by atoms with Gasteiger partial charge in [-0.05, 0) is 31.2 Å². The number of carbonyl (C=O) groups is 2. The lowest BCUT2D eigenvalue weighted by Crippen LogP contribution is -2.48. The summed E-state index contributed by atoms with van der Waals surface area (Å²) in [5.74, 6) is -1.41. The minimum atomic E-state index is -1.04. The highest BCUT2D eigenvalue weighted by molar-refractivity contribution is 5.96. The first-order valence-electron chi connectivity index (χ1n) is 7.87. The quantitative estimate of drug-likeness (QED) is 0.779. The van der Waals surface area contributed by atoms with Gasteiger partial charge < -0.3 is 15.3 Å². The van der Waals surface area contributed by atoms with Crippen LogP contribution >= 0.6 is 0 Å². The predicted octanol–water partition coefficient (Wildman–Crippen LogP) is 2.04. The Labute approximate surface area is 141 Å². The standard InChI is InChI=1S/C19H22N2O3/c1-21(13-12-15-8-4-2-5-9-15)14-17(19(23)24)20-18(22)16-10-6-3-7-11-16/h2-11,17H,12-14H2,1H3,(H,20,22)(H,23,24). The minimum Gasteiger partial charge on any atom is -0.480 e. The maximum atomic E-state index is 12.1. The molecule has 0 aliphatic heterocycles. The van der Waals surface area contributed by atoms with Gasteiger partial charge in [0.15, 0.2) is 0 Å². The summed E-state index contributed by atoms with van der Waals surface area (Å²) in [6, 6.07) is 17.7. The number of carboxylic acid groups (broad SMARTS) is 1. The van der Waals surface area contributed by atoms with E-state index < -0.39 is 12.0 Å². The van der Waals surface area contributed by atoms with Gasteiger partial charge in [-0.15, -0.1) is 0 Å². The minimum absolute atomic E-state index is 0.251. The van der Waals surface area contributed by atoms with E-state index in [1.165, 1.54) is 5.56 Å². The Kier molecular flexibility index (Phi) is 6.51. The van der Waals surface area contributed by atoms with E-state index in [1.807, 2.05) is 48.3 Å². The van der Waals surface area contributed by atoms with Crippen molar-refractivity contribution in [3.8, 4) is 0 Å². The molecule has 2 aromatic rings. The zero-order valence-electron chi connectivity index (χ0n) is 13.7. The fourth-order valence-electron chi connectivity index (χ4n) is 2.38. The Morgan fingerprint density at radius 3 is 2.21 bits per heavy atom. The second-order valence-corrected chi connectivity index (χ2v) is 5.73. The SMILES string of the molecule is CN(CCc1ccccc1)CC(NC(=O)c1ccccc1)C(=O)O. The first-order chi connectivity index (χ1) is 11.6. The Morgan fingerprint density at radius 1 is 1.04 bits per heavy atom. The molecule has 1 atom stereocenters. The number of nitrogens with zero attached hydrogens (tertiary/aromatic N) is 1. The number of amides is 1. The van der Waals surface area contributed by atoms with Gasteiger partial charge in [0.1, 0.15) is 6.04 Å². The second-order valence-electron chi connectivity index (χ2n) is 5.73. The van der Waals surface area contributed by atoms with Crippen LogP contribution in [0.5, 0.6) is 0 Å². The van der Waals surface area contributed by atoms with Crippen LogP contribution in [-0.2, 0) is 11.2 Å². The summed E-state index contributed by atoms with van der Waals surface area (Å²) in [5, 5.41) is 11.9. The summed E-state index contributed by atoms with van der Waals surface area (Å²) >= 11 is 0. The van der Waals surface area contributed by atoms with Gasteiger partial charge in [0.2, 0.25) is 0 Å². The molecule has 0 aliphatic rings. The van der Waals surface area contributed by atoms with Crippen LogP contribution in [0.15, 0.2) is 60.7 Å². The van der Waals surface area contributed by atoms with E-state index in [0.717, 1.165) is 13.0 Å². The summed E-state index contributed by atoms with van der Waals surface area (Å²) in [6.45, 7) is 0.968. The van der Waals surface area contributed by atoms with Crippen molar-refractivity contribution in [3.63, 3.8) is 0 Å². The number of rotatable bonds is 8. The van der Waals surface area contributed by atoms with E-state index in [9.17, 15) is 14.7 Å². The van der Waals surface area contributed by atoms with E-state index in [-0.39, 0.29) is 12.5 Å². The summed E-state index contributed by atoms with van der Waals surface area (Å²) in [7, 11) is 1.85. The molecule has 5 heteroatoms. The van der Waals surface area contributed by atoms with Crippen molar-refractivity contribution in [1.29, 1.82) is 0 Å². The van der Waals surface area contributed by atoms with Gasteiger partial charge >= 0.3 is 5.97 Å². The molecule has 0 spiro atoms. The molecule has 2 rings (SSSR count). The largest absolute Gasteiger partial charge is 0.480 e. The van der Waals surface area contributed by atoms with Gasteiger partial charge in [-0.3, -0.25) is 4.79 Å². The van der Waals surface area contributed by atoms with Crippen molar-refractivity contribution in [2.24, 2.45) is 0 Å². The molecule has 0 aromatic heterocycles. The van der Waals surface area contributed by atoms with Crippen LogP contribution in [0, 0.1) is 0 Å². The average Bonchev–Trinajstić information content (AvgIpc) is 2.61. The third-order valence-electron chi connectivity index (χ3n) is 3.76. The highest BCUT2D eigenvalue weighted by Crippen LogP contribution is 2.03. The zero-order chi connectivity index (χ0) is 17.4. The van der Waals surface area contributed by atoms with Crippen molar-refractivity contribution in [2.45, 2.75) is 12.5 Å². The monoisotopic (exact) mass is 326 g/mol. The Balaban J connectivity index is 1.88. The molecule has 1 amide bonds. The molecule has 0 aliphatic carbocycles. The third-order valence-corrected chi connectivity index (χ3v) is 3.76. The van der Waals surface area contributed by atoms with E-state index >= 15 is 0 Å². The van der Waals surface area contributed by atoms with Crippen molar-refractivity contribution >= 4 is 11.9 Å². The van der Waals surface area contributed by atoms with Crippen LogP contribution in [0.3, 0.4) is 0 Å². The van der Waals surface area contributed by atoms with Gasteiger partial charge in [0.05, 0.1) is 0 Å².